The van der Waals surface area contributed by atoms with Gasteiger partial charge in [0.05, 0.1) is 10.7 Å². The molecule has 1 aromatic carbocycles. The Morgan fingerprint density at radius 3 is 2.76 bits per heavy atom. The zero-order chi connectivity index (χ0) is 12.8. The Balaban J connectivity index is 2.82. The van der Waals surface area contributed by atoms with Crippen molar-refractivity contribution in [2.75, 3.05) is 25.4 Å². The van der Waals surface area contributed by atoms with Crippen LogP contribution >= 0.6 is 11.6 Å². The van der Waals surface area contributed by atoms with E-state index in [2.05, 4.69) is 0 Å². The molecule has 17 heavy (non-hydrogen) atoms. The number of benzene rings is 1. The number of nitrogens with two attached hydrogens (primary N) is 1. The predicted molar refractivity (Wildman–Crippen MR) is 69.1 cm³/mol. The zero-order valence-corrected chi connectivity index (χ0v) is 10.6. The highest BCUT2D eigenvalue weighted by Gasteiger charge is 2.14. The van der Waals surface area contributed by atoms with Gasteiger partial charge >= 0.3 is 0 Å². The van der Waals surface area contributed by atoms with Crippen molar-refractivity contribution in [3.05, 3.63) is 28.8 Å². The number of rotatable bonds is 5. The Morgan fingerprint density at radius 2 is 2.24 bits per heavy atom. The Hall–Kier alpha value is -1.26. The molecule has 1 aromatic rings. The molecule has 0 unspecified atom stereocenters. The molecule has 0 atom stereocenters. The van der Waals surface area contributed by atoms with Crippen LogP contribution in [0.5, 0.6) is 0 Å². The van der Waals surface area contributed by atoms with E-state index in [0.29, 0.717) is 35.8 Å². The standard InChI is InChI=1S/C12H17ClN2O2/c1-2-15(6-3-7-16)12(17)9-4-5-10(13)11(14)8-9/h4-5,8,16H,2-3,6-7,14H2,1H3. The number of halogens is 1. The summed E-state index contributed by atoms with van der Waals surface area (Å²) in [5, 5.41) is 9.21. The molecule has 1 amide bonds. The first-order valence-electron chi connectivity index (χ1n) is 5.55. The van der Waals surface area contributed by atoms with E-state index in [-0.39, 0.29) is 12.5 Å². The van der Waals surface area contributed by atoms with Crippen LogP contribution in [-0.4, -0.2) is 35.6 Å². The Kier molecular flexibility index (Phi) is 5.25. The Morgan fingerprint density at radius 1 is 1.53 bits per heavy atom. The molecule has 0 saturated heterocycles. The lowest BCUT2D eigenvalue weighted by atomic mass is 10.1. The lowest BCUT2D eigenvalue weighted by Crippen LogP contribution is -2.32. The summed E-state index contributed by atoms with van der Waals surface area (Å²) in [6.45, 7) is 3.11. The van der Waals surface area contributed by atoms with Gasteiger partial charge in [0.15, 0.2) is 0 Å². The lowest BCUT2D eigenvalue weighted by Gasteiger charge is -2.20. The monoisotopic (exact) mass is 256 g/mol. The first-order valence-corrected chi connectivity index (χ1v) is 5.93. The van der Waals surface area contributed by atoms with E-state index in [9.17, 15) is 4.79 Å². The van der Waals surface area contributed by atoms with Crippen LogP contribution in [0.25, 0.3) is 0 Å². The van der Waals surface area contributed by atoms with Crippen molar-refractivity contribution in [2.45, 2.75) is 13.3 Å². The van der Waals surface area contributed by atoms with Crippen molar-refractivity contribution in [1.29, 1.82) is 0 Å². The van der Waals surface area contributed by atoms with E-state index in [1.807, 2.05) is 6.92 Å². The van der Waals surface area contributed by atoms with E-state index in [0.717, 1.165) is 0 Å². The molecule has 0 heterocycles. The molecular weight excluding hydrogens is 240 g/mol. The fourth-order valence-corrected chi connectivity index (χ4v) is 1.64. The average molecular weight is 257 g/mol. The number of nitrogens with zero attached hydrogens (tertiary/aromatic N) is 1. The first kappa shape index (κ1) is 13.8. The maximum atomic E-state index is 12.1. The van der Waals surface area contributed by atoms with E-state index in [4.69, 9.17) is 22.4 Å². The molecule has 0 aliphatic carbocycles. The van der Waals surface area contributed by atoms with E-state index in [1.54, 1.807) is 23.1 Å². The highest BCUT2D eigenvalue weighted by molar-refractivity contribution is 6.33. The summed E-state index contributed by atoms with van der Waals surface area (Å²) in [4.78, 5) is 13.8. The summed E-state index contributed by atoms with van der Waals surface area (Å²) in [6.07, 6.45) is 0.572. The van der Waals surface area contributed by atoms with Crippen LogP contribution < -0.4 is 5.73 Å². The van der Waals surface area contributed by atoms with Crippen molar-refractivity contribution in [3.8, 4) is 0 Å². The van der Waals surface area contributed by atoms with Gasteiger partial charge < -0.3 is 15.7 Å². The molecule has 5 heteroatoms. The van der Waals surface area contributed by atoms with Gasteiger partial charge in [0.1, 0.15) is 0 Å². The van der Waals surface area contributed by atoms with Gasteiger partial charge in [0.25, 0.3) is 5.91 Å². The minimum atomic E-state index is -0.0932. The highest BCUT2D eigenvalue weighted by Crippen LogP contribution is 2.20. The van der Waals surface area contributed by atoms with Crippen LogP contribution in [0, 0.1) is 0 Å². The normalized spacial score (nSPS) is 10.3. The van der Waals surface area contributed by atoms with Gasteiger partial charge in [-0.05, 0) is 31.5 Å². The summed E-state index contributed by atoms with van der Waals surface area (Å²) in [6, 6.07) is 4.85. The molecule has 0 aromatic heterocycles. The minimum absolute atomic E-state index is 0.0759. The molecule has 0 fully saturated rings. The first-order chi connectivity index (χ1) is 8.10. The van der Waals surface area contributed by atoms with Gasteiger partial charge in [-0.1, -0.05) is 11.6 Å². The van der Waals surface area contributed by atoms with Gasteiger partial charge in [-0.3, -0.25) is 4.79 Å². The van der Waals surface area contributed by atoms with Crippen molar-refractivity contribution in [1.82, 2.24) is 4.90 Å². The van der Waals surface area contributed by atoms with Crippen LogP contribution in [0.15, 0.2) is 18.2 Å². The number of amides is 1. The molecule has 4 nitrogen and oxygen atoms in total. The Bertz CT molecular complexity index is 396. The topological polar surface area (TPSA) is 66.6 Å². The SMILES string of the molecule is CCN(CCCO)C(=O)c1ccc(Cl)c(N)c1. The van der Waals surface area contributed by atoms with Crippen LogP contribution in [0.2, 0.25) is 5.02 Å². The number of aliphatic hydroxyl groups excluding tert-OH is 1. The number of carbonyl (C=O) groups is 1. The van der Waals surface area contributed by atoms with Crippen LogP contribution in [0.4, 0.5) is 5.69 Å². The second-order valence-electron chi connectivity index (χ2n) is 3.70. The van der Waals surface area contributed by atoms with Gasteiger partial charge in [0.2, 0.25) is 0 Å². The largest absolute Gasteiger partial charge is 0.398 e. The molecule has 0 saturated carbocycles. The molecule has 0 aliphatic rings. The third-order valence-corrected chi connectivity index (χ3v) is 2.84. The van der Waals surface area contributed by atoms with Crippen molar-refractivity contribution in [3.63, 3.8) is 0 Å². The Labute approximate surface area is 106 Å². The summed E-state index contributed by atoms with van der Waals surface area (Å²) in [5.74, 6) is -0.0932. The summed E-state index contributed by atoms with van der Waals surface area (Å²) in [7, 11) is 0. The summed E-state index contributed by atoms with van der Waals surface area (Å²) < 4.78 is 0. The highest BCUT2D eigenvalue weighted by atomic mass is 35.5. The predicted octanol–water partition coefficient (Wildman–Crippen LogP) is 1.77. The molecule has 94 valence electrons. The number of nitrogen functional groups attached to an aromatic ring is 1. The zero-order valence-electron chi connectivity index (χ0n) is 9.82. The van der Waals surface area contributed by atoms with Crippen LogP contribution in [0.3, 0.4) is 0 Å². The molecule has 0 radical (unpaired) electrons. The maximum Gasteiger partial charge on any atom is 0.253 e. The fourth-order valence-electron chi connectivity index (χ4n) is 1.52. The van der Waals surface area contributed by atoms with Gasteiger partial charge in [-0.25, -0.2) is 0 Å². The third-order valence-electron chi connectivity index (χ3n) is 2.50. The molecular formula is C12H17ClN2O2. The number of hydrogen-bond donors (Lipinski definition) is 2. The molecule has 0 spiro atoms. The summed E-state index contributed by atoms with van der Waals surface area (Å²) in [5.41, 5.74) is 6.58. The fraction of sp³-hybridized carbons (Fsp3) is 0.417. The lowest BCUT2D eigenvalue weighted by molar-refractivity contribution is 0.0754. The van der Waals surface area contributed by atoms with Crippen molar-refractivity contribution >= 4 is 23.2 Å². The second-order valence-corrected chi connectivity index (χ2v) is 4.11. The van der Waals surface area contributed by atoms with Crippen molar-refractivity contribution < 1.29 is 9.90 Å². The number of carbonyl (C=O) groups excluding carboxylic acids is 1. The smallest absolute Gasteiger partial charge is 0.253 e. The third kappa shape index (κ3) is 3.61. The van der Waals surface area contributed by atoms with Gasteiger partial charge in [0, 0.05) is 25.3 Å². The van der Waals surface area contributed by atoms with E-state index < -0.39 is 0 Å². The molecule has 0 bridgehead atoms. The quantitative estimate of drug-likeness (QED) is 0.789. The molecule has 0 aliphatic heterocycles. The van der Waals surface area contributed by atoms with E-state index >= 15 is 0 Å². The number of aliphatic hydroxyl groups is 1. The maximum absolute atomic E-state index is 12.1. The van der Waals surface area contributed by atoms with Crippen LogP contribution in [-0.2, 0) is 0 Å². The summed E-state index contributed by atoms with van der Waals surface area (Å²) >= 11 is 5.80. The second kappa shape index (κ2) is 6.47. The minimum Gasteiger partial charge on any atom is -0.398 e. The van der Waals surface area contributed by atoms with Crippen LogP contribution in [0.1, 0.15) is 23.7 Å². The van der Waals surface area contributed by atoms with Gasteiger partial charge in [-0.2, -0.15) is 0 Å². The number of anilines is 1. The van der Waals surface area contributed by atoms with Crippen molar-refractivity contribution in [2.24, 2.45) is 0 Å². The average Bonchev–Trinajstić information content (AvgIpc) is 2.33. The number of hydrogen-bond acceptors (Lipinski definition) is 3. The van der Waals surface area contributed by atoms with E-state index in [1.165, 1.54) is 0 Å². The molecule has 3 N–H and O–H groups in total. The van der Waals surface area contributed by atoms with Gasteiger partial charge in [-0.15, -0.1) is 0 Å². The molecule has 1 rings (SSSR count).